The largest absolute Gasteiger partial charge is 0.504 e. The summed E-state index contributed by atoms with van der Waals surface area (Å²) in [6, 6.07) is 0.637. The summed E-state index contributed by atoms with van der Waals surface area (Å²) in [5.41, 5.74) is 4.58. The second kappa shape index (κ2) is 6.31. The second-order valence-electron chi connectivity index (χ2n) is 3.40. The minimum atomic E-state index is -2.67. The summed E-state index contributed by atoms with van der Waals surface area (Å²) in [4.78, 5) is 9.58. The van der Waals surface area contributed by atoms with E-state index in [1.807, 2.05) is 0 Å². The Kier molecular flexibility index (Phi) is 5.73. The summed E-state index contributed by atoms with van der Waals surface area (Å²) in [7, 11) is 0. The number of nitro groups is 1. The Hall–Kier alpha value is -1.67. The summed E-state index contributed by atoms with van der Waals surface area (Å²) in [5, 5.41) is 28.9. The molecule has 0 saturated heterocycles. The first-order valence-corrected chi connectivity index (χ1v) is 4.57. The molecule has 0 fully saturated rings. The van der Waals surface area contributed by atoms with E-state index in [9.17, 15) is 29.1 Å². The molecule has 0 aliphatic rings. The van der Waals surface area contributed by atoms with Crippen LogP contribution in [-0.4, -0.2) is 21.6 Å². The molecule has 0 bridgehead atoms. The molecule has 0 spiro atoms. The summed E-state index contributed by atoms with van der Waals surface area (Å²) in [5.74, 6) is -1.68. The third-order valence-corrected chi connectivity index (χ3v) is 2.15. The number of nitrogens with two attached hydrogens (primary N) is 1. The molecule has 0 radical (unpaired) electrons. The van der Waals surface area contributed by atoms with Crippen LogP contribution in [0.4, 0.5) is 14.5 Å². The van der Waals surface area contributed by atoms with Crippen molar-refractivity contribution >= 4 is 18.1 Å². The molecule has 1 aromatic carbocycles. The molecule has 18 heavy (non-hydrogen) atoms. The van der Waals surface area contributed by atoms with Crippen molar-refractivity contribution < 1.29 is 23.9 Å². The molecule has 1 aromatic rings. The van der Waals surface area contributed by atoms with Crippen molar-refractivity contribution in [2.75, 3.05) is 0 Å². The quantitative estimate of drug-likeness (QED) is 0.445. The van der Waals surface area contributed by atoms with Crippen molar-refractivity contribution in [2.45, 2.75) is 18.9 Å². The predicted molar refractivity (Wildman–Crippen MR) is 61.2 cm³/mol. The molecule has 0 saturated carbocycles. The fourth-order valence-corrected chi connectivity index (χ4v) is 1.31. The first kappa shape index (κ1) is 16.3. The van der Waals surface area contributed by atoms with Crippen molar-refractivity contribution in [1.29, 1.82) is 0 Å². The van der Waals surface area contributed by atoms with Crippen LogP contribution in [-0.2, 0) is 0 Å². The summed E-state index contributed by atoms with van der Waals surface area (Å²) < 4.78 is 24.2. The van der Waals surface area contributed by atoms with Crippen LogP contribution < -0.4 is 5.73 Å². The topological polar surface area (TPSA) is 110 Å². The van der Waals surface area contributed by atoms with E-state index in [0.717, 1.165) is 12.1 Å². The predicted octanol–water partition coefficient (Wildman–Crippen LogP) is 2.08. The highest BCUT2D eigenvalue weighted by atomic mass is 35.5. The van der Waals surface area contributed by atoms with Crippen molar-refractivity contribution in [3.05, 3.63) is 27.8 Å². The van der Waals surface area contributed by atoms with Gasteiger partial charge in [0.05, 0.1) is 4.92 Å². The SMILES string of the molecule is Cl.N[C@H](CC(F)F)c1cc(O)c(O)c([N+](=O)[O-])c1. The van der Waals surface area contributed by atoms with Gasteiger partial charge in [0, 0.05) is 18.5 Å². The van der Waals surface area contributed by atoms with Crippen LogP contribution in [0.1, 0.15) is 18.0 Å². The minimum Gasteiger partial charge on any atom is -0.504 e. The number of nitrogens with zero attached hydrogens (tertiary/aromatic N) is 1. The Bertz CT molecular complexity index is 445. The molecule has 0 aliphatic carbocycles. The number of halogens is 3. The van der Waals surface area contributed by atoms with Gasteiger partial charge in [0.25, 0.3) is 0 Å². The molecular formula is C9H11ClF2N2O4. The van der Waals surface area contributed by atoms with Gasteiger partial charge < -0.3 is 15.9 Å². The lowest BCUT2D eigenvalue weighted by Crippen LogP contribution is -2.14. The van der Waals surface area contributed by atoms with Gasteiger partial charge in [0.2, 0.25) is 12.2 Å². The average molecular weight is 285 g/mol. The standard InChI is InChI=1S/C9H10F2N2O4.ClH/c10-8(11)3-5(12)4-1-6(13(16)17)9(15)7(14)2-4;/h1-2,5,8,14-15H,3,12H2;1H/t5-;/m1./s1. The fraction of sp³-hybridized carbons (Fsp3) is 0.333. The molecule has 9 heteroatoms. The third kappa shape index (κ3) is 3.67. The Balaban J connectivity index is 0.00000289. The van der Waals surface area contributed by atoms with E-state index in [2.05, 4.69) is 0 Å². The Morgan fingerprint density at radius 2 is 1.94 bits per heavy atom. The third-order valence-electron chi connectivity index (χ3n) is 2.15. The molecule has 0 unspecified atom stereocenters. The normalized spacial score (nSPS) is 12.0. The maximum Gasteiger partial charge on any atom is 0.314 e. The Morgan fingerprint density at radius 1 is 1.39 bits per heavy atom. The van der Waals surface area contributed by atoms with Crippen LogP contribution in [0.5, 0.6) is 11.5 Å². The van der Waals surface area contributed by atoms with E-state index in [-0.39, 0.29) is 18.0 Å². The monoisotopic (exact) mass is 284 g/mol. The van der Waals surface area contributed by atoms with Gasteiger partial charge in [-0.15, -0.1) is 12.4 Å². The number of rotatable bonds is 4. The molecule has 4 N–H and O–H groups in total. The number of phenols is 2. The molecule has 0 heterocycles. The van der Waals surface area contributed by atoms with Crippen LogP contribution in [0.15, 0.2) is 12.1 Å². The number of hydrogen-bond donors (Lipinski definition) is 3. The first-order chi connectivity index (χ1) is 7.82. The van der Waals surface area contributed by atoms with E-state index in [1.165, 1.54) is 0 Å². The van der Waals surface area contributed by atoms with Gasteiger partial charge in [-0.25, -0.2) is 8.78 Å². The fourth-order valence-electron chi connectivity index (χ4n) is 1.31. The van der Waals surface area contributed by atoms with Gasteiger partial charge in [-0.2, -0.15) is 0 Å². The van der Waals surface area contributed by atoms with Gasteiger partial charge in [0.1, 0.15) is 0 Å². The smallest absolute Gasteiger partial charge is 0.314 e. The Morgan fingerprint density at radius 3 is 2.39 bits per heavy atom. The van der Waals surface area contributed by atoms with Crippen molar-refractivity contribution in [3.8, 4) is 11.5 Å². The number of benzene rings is 1. The molecule has 1 rings (SSSR count). The van der Waals surface area contributed by atoms with Crippen LogP contribution >= 0.6 is 12.4 Å². The van der Waals surface area contributed by atoms with Gasteiger partial charge in [-0.3, -0.25) is 10.1 Å². The highest BCUT2D eigenvalue weighted by Gasteiger charge is 2.22. The first-order valence-electron chi connectivity index (χ1n) is 4.57. The number of aromatic hydroxyl groups is 2. The zero-order chi connectivity index (χ0) is 13.2. The minimum absolute atomic E-state index is 0. The maximum absolute atomic E-state index is 12.1. The molecule has 102 valence electrons. The molecule has 1 atom stereocenters. The van der Waals surface area contributed by atoms with Crippen LogP contribution in [0, 0.1) is 10.1 Å². The molecule has 0 aliphatic heterocycles. The van der Waals surface area contributed by atoms with Crippen LogP contribution in [0.25, 0.3) is 0 Å². The van der Waals surface area contributed by atoms with Crippen molar-refractivity contribution in [2.24, 2.45) is 5.73 Å². The maximum atomic E-state index is 12.1. The zero-order valence-electron chi connectivity index (χ0n) is 8.92. The van der Waals surface area contributed by atoms with Gasteiger partial charge in [-0.1, -0.05) is 0 Å². The van der Waals surface area contributed by atoms with E-state index >= 15 is 0 Å². The lowest BCUT2D eigenvalue weighted by Gasteiger charge is -2.12. The number of phenolic OH excluding ortho intramolecular Hbond substituents is 2. The van der Waals surface area contributed by atoms with Crippen LogP contribution in [0.3, 0.4) is 0 Å². The molecule has 6 nitrogen and oxygen atoms in total. The van der Waals surface area contributed by atoms with E-state index in [0.29, 0.717) is 0 Å². The number of alkyl halides is 2. The highest BCUT2D eigenvalue weighted by Crippen LogP contribution is 2.38. The number of nitro benzene ring substituents is 1. The molecule has 0 amide bonds. The Labute approximate surface area is 107 Å². The second-order valence-corrected chi connectivity index (χ2v) is 3.40. The lowest BCUT2D eigenvalue weighted by atomic mass is 10.0. The van der Waals surface area contributed by atoms with E-state index in [1.54, 1.807) is 0 Å². The van der Waals surface area contributed by atoms with Gasteiger partial charge in [0.15, 0.2) is 5.75 Å². The van der Waals surface area contributed by atoms with Gasteiger partial charge in [-0.05, 0) is 11.6 Å². The van der Waals surface area contributed by atoms with Gasteiger partial charge >= 0.3 is 5.69 Å². The van der Waals surface area contributed by atoms with E-state index in [4.69, 9.17) is 5.73 Å². The zero-order valence-corrected chi connectivity index (χ0v) is 9.73. The highest BCUT2D eigenvalue weighted by molar-refractivity contribution is 5.85. The summed E-state index contributed by atoms with van der Waals surface area (Å²) >= 11 is 0. The average Bonchev–Trinajstić information content (AvgIpc) is 2.20. The van der Waals surface area contributed by atoms with Crippen LogP contribution in [0.2, 0.25) is 0 Å². The summed E-state index contributed by atoms with van der Waals surface area (Å²) in [6.07, 6.45) is -3.36. The lowest BCUT2D eigenvalue weighted by molar-refractivity contribution is -0.386. The van der Waals surface area contributed by atoms with Crippen molar-refractivity contribution in [3.63, 3.8) is 0 Å². The molecular weight excluding hydrogens is 274 g/mol. The summed E-state index contributed by atoms with van der Waals surface area (Å²) in [6.45, 7) is 0. The van der Waals surface area contributed by atoms with E-state index < -0.39 is 41.0 Å². The van der Waals surface area contributed by atoms with Crippen molar-refractivity contribution in [1.82, 2.24) is 0 Å². The number of hydrogen-bond acceptors (Lipinski definition) is 5. The molecule has 0 aromatic heterocycles.